The zero-order valence-electron chi connectivity index (χ0n) is 5.48. The lowest BCUT2D eigenvalue weighted by molar-refractivity contribution is 0.546. The van der Waals surface area contributed by atoms with Gasteiger partial charge in [0, 0.05) is 25.1 Å². The number of rotatable bonds is 0. The maximum absolute atomic E-state index is 5.74. The van der Waals surface area contributed by atoms with E-state index in [-0.39, 0.29) is 0 Å². The van der Waals surface area contributed by atoms with E-state index in [1.54, 1.807) is 6.20 Å². The van der Waals surface area contributed by atoms with Crippen LogP contribution in [-0.2, 0) is 0 Å². The van der Waals surface area contributed by atoms with Crippen molar-refractivity contribution < 1.29 is 0 Å². The topological polar surface area (TPSA) is 15.3 Å². The van der Waals surface area contributed by atoms with Gasteiger partial charge < -0.3 is 10.2 Å². The molecule has 0 amide bonds. The summed E-state index contributed by atoms with van der Waals surface area (Å²) in [6.07, 6.45) is 3.72. The molecule has 2 nitrogen and oxygen atoms in total. The third-order valence-electron chi connectivity index (χ3n) is 1.35. The van der Waals surface area contributed by atoms with Crippen molar-refractivity contribution in [2.24, 2.45) is 0 Å². The van der Waals surface area contributed by atoms with E-state index in [2.05, 4.69) is 5.32 Å². The lowest BCUT2D eigenvalue weighted by Crippen LogP contribution is -2.19. The molecular formula is C6H9ClN2. The number of hydrogen-bond acceptors (Lipinski definition) is 2. The Morgan fingerprint density at radius 2 is 2.33 bits per heavy atom. The number of hydrogen-bond donors (Lipinski definition) is 1. The highest BCUT2D eigenvalue weighted by Gasteiger charge is 2.04. The molecule has 1 rings (SSSR count). The first-order valence-electron chi connectivity index (χ1n) is 2.74. The minimum Gasteiger partial charge on any atom is -0.351 e. The lowest BCUT2D eigenvalue weighted by atomic mass is 10.4. The number of nitrogens with one attached hydrogen (secondary N) is 1. The van der Waals surface area contributed by atoms with Crippen molar-refractivity contribution in [3.05, 3.63) is 23.3 Å². The van der Waals surface area contributed by atoms with Gasteiger partial charge in [-0.05, 0) is 6.92 Å². The van der Waals surface area contributed by atoms with E-state index in [1.165, 1.54) is 0 Å². The molecule has 0 saturated heterocycles. The highest BCUT2D eigenvalue weighted by Crippen LogP contribution is 2.12. The molecule has 9 heavy (non-hydrogen) atoms. The van der Waals surface area contributed by atoms with E-state index in [9.17, 15) is 0 Å². The second kappa shape index (κ2) is 2.31. The Kier molecular flexibility index (Phi) is 1.67. The number of allylic oxidation sites excluding steroid dienone is 1. The van der Waals surface area contributed by atoms with Crippen LogP contribution in [0.5, 0.6) is 0 Å². The van der Waals surface area contributed by atoms with Gasteiger partial charge in [-0.15, -0.1) is 0 Å². The van der Waals surface area contributed by atoms with Gasteiger partial charge in [-0.1, -0.05) is 11.6 Å². The molecule has 0 bridgehead atoms. The largest absolute Gasteiger partial charge is 0.351 e. The fourth-order valence-corrected chi connectivity index (χ4v) is 0.790. The van der Waals surface area contributed by atoms with Gasteiger partial charge in [0.2, 0.25) is 0 Å². The average Bonchev–Trinajstić information content (AvgIpc) is 1.83. The summed E-state index contributed by atoms with van der Waals surface area (Å²) in [6.45, 7) is 1.96. The molecular weight excluding hydrogens is 136 g/mol. The third-order valence-corrected chi connectivity index (χ3v) is 1.74. The highest BCUT2D eigenvalue weighted by molar-refractivity contribution is 6.29. The summed E-state index contributed by atoms with van der Waals surface area (Å²) < 4.78 is 0. The molecule has 0 atom stereocenters. The fraction of sp³-hybridized carbons (Fsp3) is 0.333. The molecule has 1 N–H and O–H groups in total. The second-order valence-electron chi connectivity index (χ2n) is 1.97. The van der Waals surface area contributed by atoms with E-state index in [0.717, 1.165) is 5.70 Å². The zero-order valence-corrected chi connectivity index (χ0v) is 6.24. The normalized spacial score (nSPS) is 18.3. The van der Waals surface area contributed by atoms with Crippen LogP contribution < -0.4 is 5.32 Å². The van der Waals surface area contributed by atoms with Crippen LogP contribution in [0, 0.1) is 0 Å². The van der Waals surface area contributed by atoms with E-state index in [0.29, 0.717) is 5.16 Å². The van der Waals surface area contributed by atoms with Crippen LogP contribution >= 0.6 is 11.6 Å². The molecule has 3 heteroatoms. The summed E-state index contributed by atoms with van der Waals surface area (Å²) in [5.41, 5.74) is 1.04. The molecule has 0 saturated carbocycles. The molecule has 0 aliphatic carbocycles. The lowest BCUT2D eigenvalue weighted by Gasteiger charge is -2.20. The molecule has 0 radical (unpaired) electrons. The maximum Gasteiger partial charge on any atom is 0.125 e. The Bertz CT molecular complexity index is 172. The van der Waals surface area contributed by atoms with Crippen LogP contribution in [0.15, 0.2) is 23.3 Å². The minimum absolute atomic E-state index is 0.694. The van der Waals surface area contributed by atoms with Gasteiger partial charge in [-0.2, -0.15) is 0 Å². The van der Waals surface area contributed by atoms with Crippen molar-refractivity contribution in [2.75, 3.05) is 7.05 Å². The molecule has 1 aliphatic heterocycles. The predicted octanol–water partition coefficient (Wildman–Crippen LogP) is 1.42. The average molecular weight is 145 g/mol. The van der Waals surface area contributed by atoms with Gasteiger partial charge in [0.1, 0.15) is 5.16 Å². The van der Waals surface area contributed by atoms with Crippen LogP contribution in [-0.4, -0.2) is 11.9 Å². The molecule has 0 unspecified atom stereocenters. The van der Waals surface area contributed by atoms with E-state index >= 15 is 0 Å². The SMILES string of the molecule is CC1=C(Cl)NC=CN1C. The van der Waals surface area contributed by atoms with Crippen molar-refractivity contribution in [1.82, 2.24) is 10.2 Å². The Morgan fingerprint density at radius 1 is 1.67 bits per heavy atom. The summed E-state index contributed by atoms with van der Waals surface area (Å²) in [6, 6.07) is 0. The molecule has 0 aromatic carbocycles. The van der Waals surface area contributed by atoms with Crippen LogP contribution in [0.1, 0.15) is 6.92 Å². The van der Waals surface area contributed by atoms with Gasteiger partial charge in [0.25, 0.3) is 0 Å². The van der Waals surface area contributed by atoms with Gasteiger partial charge in [-0.3, -0.25) is 0 Å². The van der Waals surface area contributed by atoms with Crippen molar-refractivity contribution in [2.45, 2.75) is 6.92 Å². The zero-order chi connectivity index (χ0) is 6.85. The van der Waals surface area contributed by atoms with Crippen molar-refractivity contribution in [1.29, 1.82) is 0 Å². The van der Waals surface area contributed by atoms with E-state index in [1.807, 2.05) is 25.1 Å². The van der Waals surface area contributed by atoms with E-state index in [4.69, 9.17) is 11.6 Å². The molecule has 0 aromatic rings. The van der Waals surface area contributed by atoms with Crippen LogP contribution in [0.25, 0.3) is 0 Å². The first-order valence-corrected chi connectivity index (χ1v) is 3.12. The van der Waals surface area contributed by atoms with Gasteiger partial charge in [-0.25, -0.2) is 0 Å². The smallest absolute Gasteiger partial charge is 0.125 e. The van der Waals surface area contributed by atoms with Crippen molar-refractivity contribution >= 4 is 11.6 Å². The molecule has 0 spiro atoms. The Hall–Kier alpha value is -0.630. The Morgan fingerprint density at radius 3 is 2.78 bits per heavy atom. The maximum atomic E-state index is 5.74. The summed E-state index contributed by atoms with van der Waals surface area (Å²) in [5.74, 6) is 0. The monoisotopic (exact) mass is 144 g/mol. The van der Waals surface area contributed by atoms with Crippen LogP contribution in [0.2, 0.25) is 0 Å². The second-order valence-corrected chi connectivity index (χ2v) is 2.35. The highest BCUT2D eigenvalue weighted by atomic mass is 35.5. The third kappa shape index (κ3) is 1.19. The van der Waals surface area contributed by atoms with Crippen molar-refractivity contribution in [3.63, 3.8) is 0 Å². The molecule has 0 fully saturated rings. The molecule has 50 valence electrons. The van der Waals surface area contributed by atoms with Crippen molar-refractivity contribution in [3.8, 4) is 0 Å². The number of nitrogens with zero attached hydrogens (tertiary/aromatic N) is 1. The van der Waals surface area contributed by atoms with Crippen LogP contribution in [0.3, 0.4) is 0 Å². The quantitative estimate of drug-likeness (QED) is 0.518. The summed E-state index contributed by atoms with van der Waals surface area (Å²) >= 11 is 5.74. The first kappa shape index (κ1) is 6.49. The molecule has 1 heterocycles. The Balaban J connectivity index is 2.79. The van der Waals surface area contributed by atoms with Crippen LogP contribution in [0.4, 0.5) is 0 Å². The summed E-state index contributed by atoms with van der Waals surface area (Å²) in [5, 5.41) is 3.58. The Labute approximate surface area is 59.8 Å². The molecule has 0 aromatic heterocycles. The van der Waals surface area contributed by atoms with Gasteiger partial charge >= 0.3 is 0 Å². The standard InChI is InChI=1S/C6H9ClN2/c1-5-6(7)8-3-4-9(5)2/h3-4,8H,1-2H3. The fourth-order valence-electron chi connectivity index (χ4n) is 0.593. The van der Waals surface area contributed by atoms with Gasteiger partial charge in [0.15, 0.2) is 0 Å². The van der Waals surface area contributed by atoms with Gasteiger partial charge in [0.05, 0.1) is 0 Å². The summed E-state index contributed by atoms with van der Waals surface area (Å²) in [4.78, 5) is 1.96. The predicted molar refractivity (Wildman–Crippen MR) is 38.6 cm³/mol. The minimum atomic E-state index is 0.694. The summed E-state index contributed by atoms with van der Waals surface area (Å²) in [7, 11) is 1.95. The number of halogens is 1. The molecule has 1 aliphatic rings. The van der Waals surface area contributed by atoms with E-state index < -0.39 is 0 Å². The first-order chi connectivity index (χ1) is 4.22.